The predicted molar refractivity (Wildman–Crippen MR) is 142 cm³/mol. The Morgan fingerprint density at radius 2 is 1.72 bits per heavy atom. The van der Waals surface area contributed by atoms with Crippen LogP contribution in [0.15, 0.2) is 59.5 Å². The summed E-state index contributed by atoms with van der Waals surface area (Å²) in [6, 6.07) is 11.2. The fourth-order valence-electron chi connectivity index (χ4n) is 3.96. The highest BCUT2D eigenvalue weighted by molar-refractivity contribution is 7.89. The van der Waals surface area contributed by atoms with E-state index in [1.807, 2.05) is 0 Å². The number of aliphatic hydroxyl groups is 1. The summed E-state index contributed by atoms with van der Waals surface area (Å²) >= 11 is 0. The molecule has 214 valence electrons. The predicted octanol–water partition coefficient (Wildman–Crippen LogP) is 3.04. The summed E-state index contributed by atoms with van der Waals surface area (Å²) in [6.07, 6.45) is -1.30. The lowest BCUT2D eigenvalue weighted by molar-refractivity contribution is -0.387. The number of nitro benzene ring substituents is 1. The highest BCUT2D eigenvalue weighted by atomic mass is 32.2. The Hall–Kier alpha value is -3.55. The number of ether oxygens (including phenoxy) is 2. The van der Waals surface area contributed by atoms with Gasteiger partial charge in [0.2, 0.25) is 10.0 Å². The number of sulfonamides is 1. The number of benzene rings is 2. The van der Waals surface area contributed by atoms with Crippen molar-refractivity contribution in [1.29, 1.82) is 0 Å². The monoisotopic (exact) mass is 565 g/mol. The van der Waals surface area contributed by atoms with Crippen molar-refractivity contribution in [2.75, 3.05) is 19.8 Å². The molecule has 2 atom stereocenters. The average molecular weight is 566 g/mol. The molecule has 2 rings (SSSR count). The van der Waals surface area contributed by atoms with Crippen molar-refractivity contribution in [3.05, 3.63) is 70.3 Å². The van der Waals surface area contributed by atoms with Gasteiger partial charge in [-0.15, -0.1) is 0 Å². The lowest BCUT2D eigenvalue weighted by atomic mass is 9.97. The molecule has 0 spiro atoms. The molecule has 0 radical (unpaired) electrons. The van der Waals surface area contributed by atoms with Crippen LogP contribution in [-0.4, -0.2) is 72.3 Å². The van der Waals surface area contributed by atoms with E-state index in [1.54, 1.807) is 58.0 Å². The van der Waals surface area contributed by atoms with Crippen molar-refractivity contribution in [3.8, 4) is 0 Å². The van der Waals surface area contributed by atoms with Crippen molar-refractivity contribution in [2.45, 2.75) is 63.1 Å². The largest absolute Gasteiger partial charge is 0.466 e. The van der Waals surface area contributed by atoms with Crippen molar-refractivity contribution in [2.24, 2.45) is 0 Å². The van der Waals surface area contributed by atoms with E-state index < -0.39 is 74.8 Å². The fourth-order valence-corrected chi connectivity index (χ4v) is 5.77. The number of nitro groups is 1. The van der Waals surface area contributed by atoms with Crippen molar-refractivity contribution in [1.82, 2.24) is 9.62 Å². The number of carbonyl (C=O) groups excluding carboxylic acids is 2. The van der Waals surface area contributed by atoms with Crippen molar-refractivity contribution >= 4 is 27.8 Å². The standard InChI is InChI=1S/C26H35N3O9S/c1-5-37-24(31)18-22(20(17-19-11-7-6-8-12-19)27-25(32)38-26(2,3)4)28(15-16-30)39(35,36)23-14-10-9-13-21(23)29(33)34/h6-14,20,22,30H,5,15-18H2,1-4H3,(H,27,32). The molecule has 0 aliphatic heterocycles. The molecule has 0 bridgehead atoms. The van der Waals surface area contributed by atoms with Crippen LogP contribution in [0.5, 0.6) is 0 Å². The summed E-state index contributed by atoms with van der Waals surface area (Å²) in [4.78, 5) is 35.8. The molecular weight excluding hydrogens is 530 g/mol. The van der Waals surface area contributed by atoms with E-state index in [2.05, 4.69) is 5.32 Å². The van der Waals surface area contributed by atoms with Gasteiger partial charge in [0.1, 0.15) is 5.60 Å². The number of hydrogen-bond acceptors (Lipinski definition) is 9. The Morgan fingerprint density at radius 1 is 1.10 bits per heavy atom. The molecular formula is C26H35N3O9S. The highest BCUT2D eigenvalue weighted by Gasteiger charge is 2.41. The van der Waals surface area contributed by atoms with Crippen LogP contribution in [0, 0.1) is 10.1 Å². The number of alkyl carbamates (subject to hydrolysis) is 1. The maximum atomic E-state index is 13.9. The summed E-state index contributed by atoms with van der Waals surface area (Å²) < 4.78 is 39.1. The number of amides is 1. The lowest BCUT2D eigenvalue weighted by Crippen LogP contribution is -2.56. The van der Waals surface area contributed by atoms with Gasteiger partial charge >= 0.3 is 12.1 Å². The van der Waals surface area contributed by atoms with Crippen LogP contribution in [0.25, 0.3) is 0 Å². The van der Waals surface area contributed by atoms with Gasteiger partial charge in [-0.25, -0.2) is 13.2 Å². The molecule has 0 aromatic heterocycles. The Kier molecular flexibility index (Phi) is 11.4. The topological polar surface area (TPSA) is 165 Å². The zero-order valence-electron chi connectivity index (χ0n) is 22.4. The van der Waals surface area contributed by atoms with Crippen LogP contribution >= 0.6 is 0 Å². The van der Waals surface area contributed by atoms with Crippen LogP contribution in [0.3, 0.4) is 0 Å². The zero-order valence-corrected chi connectivity index (χ0v) is 23.2. The molecule has 0 aliphatic rings. The summed E-state index contributed by atoms with van der Waals surface area (Å²) in [7, 11) is -4.68. The van der Waals surface area contributed by atoms with Crippen LogP contribution in [0.1, 0.15) is 39.7 Å². The summed E-state index contributed by atoms with van der Waals surface area (Å²) in [5.41, 5.74) is -0.839. The quantitative estimate of drug-likeness (QED) is 0.211. The number of esters is 1. The molecule has 0 aliphatic carbocycles. The summed E-state index contributed by atoms with van der Waals surface area (Å²) in [5, 5.41) is 24.2. The lowest BCUT2D eigenvalue weighted by Gasteiger charge is -2.36. The summed E-state index contributed by atoms with van der Waals surface area (Å²) in [5.74, 6) is -0.757. The molecule has 1 amide bonds. The normalized spacial score (nSPS) is 13.4. The maximum Gasteiger partial charge on any atom is 0.407 e. The van der Waals surface area contributed by atoms with Gasteiger partial charge in [-0.05, 0) is 45.7 Å². The Balaban J connectivity index is 2.69. The number of aliphatic hydroxyl groups excluding tert-OH is 1. The van der Waals surface area contributed by atoms with E-state index in [1.165, 1.54) is 12.1 Å². The van der Waals surface area contributed by atoms with E-state index in [0.717, 1.165) is 16.4 Å². The SMILES string of the molecule is CCOC(=O)CC(C(Cc1ccccc1)NC(=O)OC(C)(C)C)N(CCO)S(=O)(=O)c1ccccc1[N+](=O)[O-]. The number of hydrogen-bond donors (Lipinski definition) is 2. The molecule has 2 unspecified atom stereocenters. The highest BCUT2D eigenvalue weighted by Crippen LogP contribution is 2.30. The summed E-state index contributed by atoms with van der Waals surface area (Å²) in [6.45, 7) is 5.40. The third-order valence-corrected chi connectivity index (χ3v) is 7.46. The van der Waals surface area contributed by atoms with Gasteiger partial charge in [-0.3, -0.25) is 14.9 Å². The van der Waals surface area contributed by atoms with Gasteiger partial charge in [0.15, 0.2) is 4.90 Å². The van der Waals surface area contributed by atoms with Gasteiger partial charge in [0.25, 0.3) is 5.69 Å². The zero-order chi connectivity index (χ0) is 29.2. The Labute approximate surface area is 228 Å². The molecule has 0 heterocycles. The van der Waals surface area contributed by atoms with Gasteiger partial charge in [-0.1, -0.05) is 42.5 Å². The minimum atomic E-state index is -4.68. The van der Waals surface area contributed by atoms with E-state index in [9.17, 15) is 33.2 Å². The third kappa shape index (κ3) is 9.30. The molecule has 0 saturated heterocycles. The fraction of sp³-hybridized carbons (Fsp3) is 0.462. The second kappa shape index (κ2) is 14.0. The molecule has 0 fully saturated rings. The van der Waals surface area contributed by atoms with E-state index in [0.29, 0.717) is 5.56 Å². The first-order chi connectivity index (χ1) is 18.3. The number of nitrogens with zero attached hydrogens (tertiary/aromatic N) is 2. The molecule has 13 heteroatoms. The molecule has 12 nitrogen and oxygen atoms in total. The van der Waals surface area contributed by atoms with E-state index in [-0.39, 0.29) is 13.0 Å². The van der Waals surface area contributed by atoms with E-state index >= 15 is 0 Å². The molecule has 0 saturated carbocycles. The average Bonchev–Trinajstić information content (AvgIpc) is 2.85. The van der Waals surface area contributed by atoms with E-state index in [4.69, 9.17) is 9.47 Å². The first-order valence-corrected chi connectivity index (χ1v) is 13.8. The van der Waals surface area contributed by atoms with Gasteiger partial charge < -0.3 is 19.9 Å². The Bertz CT molecular complexity index is 1230. The number of rotatable bonds is 13. The van der Waals surface area contributed by atoms with Crippen molar-refractivity contribution < 1.29 is 37.5 Å². The van der Waals surface area contributed by atoms with Gasteiger partial charge in [0.05, 0.1) is 36.6 Å². The molecule has 2 aromatic rings. The number of carbonyl (C=O) groups is 2. The maximum absolute atomic E-state index is 13.9. The number of nitrogens with one attached hydrogen (secondary N) is 1. The minimum Gasteiger partial charge on any atom is -0.466 e. The number of para-hydroxylation sites is 1. The second-order valence-corrected chi connectivity index (χ2v) is 11.4. The van der Waals surface area contributed by atoms with Crippen molar-refractivity contribution in [3.63, 3.8) is 0 Å². The Morgan fingerprint density at radius 3 is 2.28 bits per heavy atom. The smallest absolute Gasteiger partial charge is 0.407 e. The second-order valence-electron chi connectivity index (χ2n) is 9.58. The first-order valence-electron chi connectivity index (χ1n) is 12.3. The molecule has 2 N–H and O–H groups in total. The van der Waals surface area contributed by atoms with Gasteiger partial charge in [0, 0.05) is 12.6 Å². The molecule has 39 heavy (non-hydrogen) atoms. The van der Waals surface area contributed by atoms with Gasteiger partial charge in [-0.2, -0.15) is 4.31 Å². The van der Waals surface area contributed by atoms with Crippen LogP contribution in [0.2, 0.25) is 0 Å². The van der Waals surface area contributed by atoms with Crippen LogP contribution < -0.4 is 5.32 Å². The van der Waals surface area contributed by atoms with Crippen LogP contribution in [-0.2, 0) is 30.7 Å². The van der Waals surface area contributed by atoms with Crippen LogP contribution in [0.4, 0.5) is 10.5 Å². The third-order valence-electron chi connectivity index (χ3n) is 5.49. The minimum absolute atomic E-state index is 0.0192. The first kappa shape index (κ1) is 31.7. The molecule has 2 aromatic carbocycles.